The molecule has 1 unspecified atom stereocenters. The van der Waals surface area contributed by atoms with Crippen molar-refractivity contribution in [3.8, 4) is 5.75 Å². The van der Waals surface area contributed by atoms with Crippen molar-refractivity contribution in [1.82, 2.24) is 10.3 Å². The Bertz CT molecular complexity index is 1130. The molecule has 0 bridgehead atoms. The molecule has 0 aliphatic carbocycles. The largest absolute Gasteiger partial charge is 0.508 e. The van der Waals surface area contributed by atoms with E-state index in [2.05, 4.69) is 10.3 Å². The summed E-state index contributed by atoms with van der Waals surface area (Å²) in [6.45, 7) is 8.47. The van der Waals surface area contributed by atoms with E-state index in [9.17, 15) is 19.8 Å². The quantitative estimate of drug-likeness (QED) is 0.480. The van der Waals surface area contributed by atoms with Crippen molar-refractivity contribution in [2.45, 2.75) is 45.8 Å². The second kappa shape index (κ2) is 8.95. The summed E-state index contributed by atoms with van der Waals surface area (Å²) < 4.78 is 5.10. The minimum atomic E-state index is -1.02. The Kier molecular flexibility index (Phi) is 6.52. The molecule has 3 aromatic rings. The number of anilines is 1. The van der Waals surface area contributed by atoms with E-state index in [1.54, 1.807) is 4.90 Å². The van der Waals surface area contributed by atoms with Crippen LogP contribution in [0.5, 0.6) is 5.75 Å². The second-order valence-electron chi connectivity index (χ2n) is 7.99. The third-order valence-electron chi connectivity index (χ3n) is 5.15. The van der Waals surface area contributed by atoms with E-state index in [0.29, 0.717) is 24.0 Å². The van der Waals surface area contributed by atoms with Gasteiger partial charge in [0.25, 0.3) is 0 Å². The maximum Gasteiger partial charge on any atom is 0.417 e. The van der Waals surface area contributed by atoms with Gasteiger partial charge in [-0.3, -0.25) is 9.78 Å². The Hall–Kier alpha value is -3.10. The molecule has 0 fully saturated rings. The lowest BCUT2D eigenvalue weighted by Gasteiger charge is -2.32. The number of aliphatic hydroxyl groups excluding tert-OH is 1. The van der Waals surface area contributed by atoms with E-state index >= 15 is 0 Å². The van der Waals surface area contributed by atoms with Crippen LogP contribution in [0, 0.1) is 0 Å². The lowest BCUT2D eigenvalue weighted by atomic mass is 10.0. The van der Waals surface area contributed by atoms with Gasteiger partial charge in [0.1, 0.15) is 5.75 Å². The van der Waals surface area contributed by atoms with Gasteiger partial charge < -0.3 is 24.8 Å². The number of β-amino-alcohol motifs (C(OH)–C–C–N with tert-alkyl or cyclic N) is 1. The lowest BCUT2D eigenvalue weighted by Crippen LogP contribution is -2.51. The van der Waals surface area contributed by atoms with Crippen LogP contribution in [0.25, 0.3) is 11.1 Å². The molecular weight excluding hydrogens is 398 g/mol. The average Bonchev–Trinajstić information content (AvgIpc) is 3.25. The van der Waals surface area contributed by atoms with Gasteiger partial charge in [-0.2, -0.15) is 0 Å². The molecule has 2 heterocycles. The highest BCUT2D eigenvalue weighted by Gasteiger charge is 2.32. The molecule has 4 N–H and O–H groups in total. The number of phenolic OH excluding ortho intramolecular Hbond substituents is 1. The number of carbonyl (C=O) groups excluding carboxylic acids is 1. The molecule has 0 saturated carbocycles. The first kappa shape index (κ1) is 22.6. The number of phenols is 1. The molecule has 8 heteroatoms. The van der Waals surface area contributed by atoms with Crippen LogP contribution in [0.15, 0.2) is 45.6 Å². The first-order valence-corrected chi connectivity index (χ1v) is 10.4. The number of aromatic hydroxyl groups is 1. The smallest absolute Gasteiger partial charge is 0.417 e. The SMILES string of the molecule is CC.CC(C)(CN1C(=O)Cc2ccccc21)NCC(O)c1cc(O)cc2[nH]c(=O)oc12. The predicted molar refractivity (Wildman–Crippen MR) is 119 cm³/mol. The molecule has 1 atom stereocenters. The number of hydrogen-bond acceptors (Lipinski definition) is 6. The molecular formula is C23H29N3O5. The number of carbonyl (C=O) groups is 1. The zero-order chi connectivity index (χ0) is 22.8. The number of aromatic nitrogens is 1. The molecule has 1 aliphatic rings. The number of H-pyrrole nitrogens is 1. The highest BCUT2D eigenvalue weighted by atomic mass is 16.4. The Morgan fingerprint density at radius 3 is 2.68 bits per heavy atom. The van der Waals surface area contributed by atoms with Crippen LogP contribution in [0.3, 0.4) is 0 Å². The Morgan fingerprint density at radius 1 is 1.23 bits per heavy atom. The molecule has 0 spiro atoms. The van der Waals surface area contributed by atoms with Crippen LogP contribution in [0.4, 0.5) is 5.69 Å². The number of hydrogen-bond donors (Lipinski definition) is 4. The molecule has 0 saturated heterocycles. The van der Waals surface area contributed by atoms with Crippen molar-refractivity contribution >= 4 is 22.7 Å². The summed E-state index contributed by atoms with van der Waals surface area (Å²) in [5.74, 6) is -0.689. The zero-order valence-electron chi connectivity index (χ0n) is 18.2. The normalized spacial score (nSPS) is 14.4. The summed E-state index contributed by atoms with van der Waals surface area (Å²) in [7, 11) is 0. The van der Waals surface area contributed by atoms with Crippen molar-refractivity contribution in [1.29, 1.82) is 0 Å². The van der Waals surface area contributed by atoms with Gasteiger partial charge >= 0.3 is 5.76 Å². The van der Waals surface area contributed by atoms with E-state index in [1.807, 2.05) is 52.0 Å². The molecule has 1 aliphatic heterocycles. The highest BCUT2D eigenvalue weighted by molar-refractivity contribution is 6.01. The Labute approximate surface area is 180 Å². The number of nitrogens with zero attached hydrogens (tertiary/aromatic N) is 1. The summed E-state index contributed by atoms with van der Waals surface area (Å²) >= 11 is 0. The summed E-state index contributed by atoms with van der Waals surface area (Å²) in [4.78, 5) is 28.1. The van der Waals surface area contributed by atoms with Gasteiger partial charge in [-0.05, 0) is 31.5 Å². The van der Waals surface area contributed by atoms with Gasteiger partial charge in [0.05, 0.1) is 18.0 Å². The van der Waals surface area contributed by atoms with E-state index in [4.69, 9.17) is 4.42 Å². The summed E-state index contributed by atoms with van der Waals surface area (Å²) in [6.07, 6.45) is -0.632. The van der Waals surface area contributed by atoms with E-state index in [1.165, 1.54) is 12.1 Å². The molecule has 31 heavy (non-hydrogen) atoms. The van der Waals surface area contributed by atoms with E-state index in [0.717, 1.165) is 11.3 Å². The van der Waals surface area contributed by atoms with E-state index < -0.39 is 17.4 Å². The number of aromatic amines is 1. The van der Waals surface area contributed by atoms with Crippen LogP contribution < -0.4 is 16.0 Å². The van der Waals surface area contributed by atoms with Crippen LogP contribution in [-0.4, -0.2) is 39.7 Å². The molecule has 4 rings (SSSR count). The lowest BCUT2D eigenvalue weighted by molar-refractivity contribution is -0.117. The number of amides is 1. The van der Waals surface area contributed by atoms with Crippen molar-refractivity contribution in [2.24, 2.45) is 0 Å². The predicted octanol–water partition coefficient (Wildman–Crippen LogP) is 2.84. The topological polar surface area (TPSA) is 119 Å². The standard InChI is InChI=1S/C21H23N3O5.C2H6/c1-21(2,11-24-16-6-4-3-5-12(16)7-18(24)27)22-10-17(26)14-8-13(25)9-15-19(14)29-20(28)23-15;1-2/h3-6,8-9,17,22,25-26H,7,10-11H2,1-2H3,(H,23,28);1-2H3. The van der Waals surface area contributed by atoms with Crippen LogP contribution in [0.1, 0.15) is 44.9 Å². The van der Waals surface area contributed by atoms with Crippen molar-refractivity contribution < 1.29 is 19.4 Å². The summed E-state index contributed by atoms with van der Waals surface area (Å²) in [5.41, 5.74) is 2.27. The number of para-hydroxylation sites is 1. The van der Waals surface area contributed by atoms with Crippen LogP contribution >= 0.6 is 0 Å². The number of fused-ring (bicyclic) bond motifs is 2. The maximum absolute atomic E-state index is 12.4. The third-order valence-corrected chi connectivity index (χ3v) is 5.15. The highest BCUT2D eigenvalue weighted by Crippen LogP contribution is 2.30. The van der Waals surface area contributed by atoms with Gasteiger partial charge in [0.2, 0.25) is 5.91 Å². The van der Waals surface area contributed by atoms with Gasteiger partial charge in [0.15, 0.2) is 5.58 Å². The maximum atomic E-state index is 12.4. The molecule has 2 aromatic carbocycles. The third kappa shape index (κ3) is 4.81. The first-order chi connectivity index (χ1) is 14.7. The Morgan fingerprint density at radius 2 is 1.94 bits per heavy atom. The number of aliphatic hydroxyl groups is 1. The van der Waals surface area contributed by atoms with E-state index in [-0.39, 0.29) is 23.8 Å². The van der Waals surface area contributed by atoms with Gasteiger partial charge in [-0.25, -0.2) is 4.79 Å². The van der Waals surface area contributed by atoms with Crippen LogP contribution in [0.2, 0.25) is 0 Å². The summed E-state index contributed by atoms with van der Waals surface area (Å²) in [5, 5.41) is 23.8. The minimum absolute atomic E-state index is 0.0467. The van der Waals surface area contributed by atoms with Crippen molar-refractivity contribution in [3.63, 3.8) is 0 Å². The van der Waals surface area contributed by atoms with Gasteiger partial charge in [-0.1, -0.05) is 32.0 Å². The Balaban J connectivity index is 0.00000132. The first-order valence-electron chi connectivity index (χ1n) is 10.4. The molecule has 1 aromatic heterocycles. The number of oxazole rings is 1. The fraction of sp³-hybridized carbons (Fsp3) is 0.391. The van der Waals surface area contributed by atoms with Crippen molar-refractivity contribution in [2.75, 3.05) is 18.0 Å². The monoisotopic (exact) mass is 427 g/mol. The molecule has 8 nitrogen and oxygen atoms in total. The second-order valence-corrected chi connectivity index (χ2v) is 7.99. The zero-order valence-corrected chi connectivity index (χ0v) is 18.2. The fourth-order valence-electron chi connectivity index (χ4n) is 3.74. The number of benzene rings is 2. The molecule has 166 valence electrons. The fourth-order valence-corrected chi connectivity index (χ4v) is 3.74. The summed E-state index contributed by atoms with van der Waals surface area (Å²) in [6, 6.07) is 10.5. The number of nitrogens with one attached hydrogen (secondary N) is 2. The number of rotatable bonds is 6. The van der Waals surface area contributed by atoms with Crippen molar-refractivity contribution in [3.05, 3.63) is 58.1 Å². The van der Waals surface area contributed by atoms with Gasteiger partial charge in [-0.15, -0.1) is 0 Å². The van der Waals surface area contributed by atoms with Gasteiger partial charge in [0, 0.05) is 35.9 Å². The van der Waals surface area contributed by atoms with Crippen LogP contribution in [-0.2, 0) is 11.2 Å². The average molecular weight is 428 g/mol. The minimum Gasteiger partial charge on any atom is -0.508 e. The molecule has 0 radical (unpaired) electrons. The molecule has 1 amide bonds.